The Morgan fingerprint density at radius 1 is 1.04 bits per heavy atom. The zero-order chi connectivity index (χ0) is 18.5. The highest BCUT2D eigenvalue weighted by Gasteiger charge is 2.17. The van der Waals surface area contributed by atoms with Gasteiger partial charge in [-0.2, -0.15) is 0 Å². The van der Waals surface area contributed by atoms with E-state index in [2.05, 4.69) is 66.3 Å². The van der Waals surface area contributed by atoms with Gasteiger partial charge in [-0.15, -0.1) is 12.4 Å². The second kappa shape index (κ2) is 6.91. The third kappa shape index (κ3) is 2.92. The first kappa shape index (κ1) is 18.4. The summed E-state index contributed by atoms with van der Waals surface area (Å²) in [6.07, 6.45) is 4.15. The molecule has 0 N–H and O–H groups in total. The standard InChI is InChI=1S/C22H21N3O2.ClH/c1-14-5-4-8-24-12-19(23-22(14)24)18-9-15(2)25(16(18)3)11-17-6-7-20-21(10-17)27-13-26-20;/h4-10,12H,11,13H2,1-3H3;1H. The van der Waals surface area contributed by atoms with E-state index in [1.54, 1.807) is 0 Å². The van der Waals surface area contributed by atoms with Gasteiger partial charge in [-0.05, 0) is 56.2 Å². The monoisotopic (exact) mass is 395 g/mol. The van der Waals surface area contributed by atoms with Crippen molar-refractivity contribution >= 4 is 18.1 Å². The van der Waals surface area contributed by atoms with Crippen molar-refractivity contribution in [1.29, 1.82) is 0 Å². The van der Waals surface area contributed by atoms with Crippen molar-refractivity contribution in [2.75, 3.05) is 6.79 Å². The molecule has 1 aliphatic heterocycles. The van der Waals surface area contributed by atoms with Crippen molar-refractivity contribution in [2.24, 2.45) is 0 Å². The van der Waals surface area contributed by atoms with Gasteiger partial charge in [-0.25, -0.2) is 4.98 Å². The van der Waals surface area contributed by atoms with E-state index >= 15 is 0 Å². The fourth-order valence-corrected chi connectivity index (χ4v) is 3.81. The molecule has 4 aromatic rings. The van der Waals surface area contributed by atoms with Crippen LogP contribution in [0, 0.1) is 20.8 Å². The van der Waals surface area contributed by atoms with E-state index < -0.39 is 0 Å². The van der Waals surface area contributed by atoms with Gasteiger partial charge in [0.25, 0.3) is 0 Å². The largest absolute Gasteiger partial charge is 0.454 e. The molecule has 0 bridgehead atoms. The van der Waals surface area contributed by atoms with Gasteiger partial charge in [0.2, 0.25) is 6.79 Å². The van der Waals surface area contributed by atoms with Gasteiger partial charge in [0.15, 0.2) is 11.5 Å². The molecule has 0 spiro atoms. The lowest BCUT2D eigenvalue weighted by Gasteiger charge is -2.10. The SMILES string of the molecule is Cc1cccn2cc(-c3cc(C)n(Cc4ccc5c(c4)OCO5)c3C)nc12.Cl. The molecule has 0 saturated heterocycles. The minimum atomic E-state index is 0. The number of benzene rings is 1. The van der Waals surface area contributed by atoms with Crippen LogP contribution in [0.4, 0.5) is 0 Å². The van der Waals surface area contributed by atoms with Crippen molar-refractivity contribution < 1.29 is 9.47 Å². The topological polar surface area (TPSA) is 40.7 Å². The number of fused-ring (bicyclic) bond motifs is 2. The number of pyridine rings is 1. The molecule has 0 atom stereocenters. The number of aromatic nitrogens is 3. The highest BCUT2D eigenvalue weighted by Crippen LogP contribution is 2.33. The van der Waals surface area contributed by atoms with E-state index in [0.717, 1.165) is 29.4 Å². The molecule has 5 rings (SSSR count). The first-order chi connectivity index (χ1) is 13.1. The molecule has 144 valence electrons. The summed E-state index contributed by atoms with van der Waals surface area (Å²) in [6.45, 7) is 7.49. The molecular formula is C22H22ClN3O2. The molecule has 6 heteroatoms. The van der Waals surface area contributed by atoms with E-state index in [1.165, 1.54) is 28.1 Å². The van der Waals surface area contributed by atoms with Crippen molar-refractivity contribution in [3.05, 3.63) is 71.3 Å². The molecule has 28 heavy (non-hydrogen) atoms. The molecule has 0 amide bonds. The van der Waals surface area contributed by atoms with Crippen molar-refractivity contribution in [3.8, 4) is 22.8 Å². The molecule has 4 heterocycles. The zero-order valence-corrected chi connectivity index (χ0v) is 16.9. The van der Waals surface area contributed by atoms with Crippen LogP contribution in [0.1, 0.15) is 22.5 Å². The van der Waals surface area contributed by atoms with Gasteiger partial charge in [-0.1, -0.05) is 12.1 Å². The van der Waals surface area contributed by atoms with Gasteiger partial charge >= 0.3 is 0 Å². The molecule has 1 aromatic carbocycles. The number of rotatable bonds is 3. The summed E-state index contributed by atoms with van der Waals surface area (Å²) in [4.78, 5) is 4.87. The molecule has 0 radical (unpaired) electrons. The minimum absolute atomic E-state index is 0. The van der Waals surface area contributed by atoms with Crippen LogP contribution < -0.4 is 9.47 Å². The smallest absolute Gasteiger partial charge is 0.231 e. The summed E-state index contributed by atoms with van der Waals surface area (Å²) >= 11 is 0. The van der Waals surface area contributed by atoms with Crippen LogP contribution in [0.3, 0.4) is 0 Å². The summed E-state index contributed by atoms with van der Waals surface area (Å²) in [5.74, 6) is 1.64. The van der Waals surface area contributed by atoms with Gasteiger partial charge in [0, 0.05) is 35.9 Å². The average molecular weight is 396 g/mol. The van der Waals surface area contributed by atoms with E-state index in [1.807, 2.05) is 12.3 Å². The summed E-state index contributed by atoms with van der Waals surface area (Å²) < 4.78 is 15.3. The average Bonchev–Trinajstić information content (AvgIpc) is 3.35. The van der Waals surface area contributed by atoms with Gasteiger partial charge < -0.3 is 18.4 Å². The van der Waals surface area contributed by atoms with E-state index in [4.69, 9.17) is 14.5 Å². The molecule has 0 fully saturated rings. The molecule has 5 nitrogen and oxygen atoms in total. The number of halogens is 1. The predicted octanol–water partition coefficient (Wildman–Crippen LogP) is 4.93. The number of ether oxygens (including phenoxy) is 2. The van der Waals surface area contributed by atoms with Crippen LogP contribution in [-0.2, 0) is 6.54 Å². The molecule has 0 unspecified atom stereocenters. The van der Waals surface area contributed by atoms with Crippen molar-refractivity contribution in [2.45, 2.75) is 27.3 Å². The van der Waals surface area contributed by atoms with Crippen LogP contribution in [0.2, 0.25) is 0 Å². The van der Waals surface area contributed by atoms with Crippen molar-refractivity contribution in [1.82, 2.24) is 14.0 Å². The van der Waals surface area contributed by atoms with Gasteiger partial charge in [-0.3, -0.25) is 0 Å². The summed E-state index contributed by atoms with van der Waals surface area (Å²) in [5, 5.41) is 0. The summed E-state index contributed by atoms with van der Waals surface area (Å²) in [6, 6.07) is 12.5. The second-order valence-electron chi connectivity index (χ2n) is 7.11. The molecular weight excluding hydrogens is 374 g/mol. The Morgan fingerprint density at radius 2 is 1.86 bits per heavy atom. The first-order valence-corrected chi connectivity index (χ1v) is 9.10. The molecule has 0 aliphatic carbocycles. The summed E-state index contributed by atoms with van der Waals surface area (Å²) in [5.41, 5.74) is 8.00. The van der Waals surface area contributed by atoms with Gasteiger partial charge in [0.1, 0.15) is 5.65 Å². The predicted molar refractivity (Wildman–Crippen MR) is 112 cm³/mol. The number of aryl methyl sites for hydroxylation is 2. The normalized spacial score (nSPS) is 12.4. The Balaban J connectivity index is 0.00000192. The van der Waals surface area contributed by atoms with Crippen molar-refractivity contribution in [3.63, 3.8) is 0 Å². The molecule has 3 aromatic heterocycles. The first-order valence-electron chi connectivity index (χ1n) is 9.10. The van der Waals surface area contributed by atoms with Crippen LogP contribution in [0.25, 0.3) is 16.9 Å². The highest BCUT2D eigenvalue weighted by atomic mass is 35.5. The van der Waals surface area contributed by atoms with E-state index in [0.29, 0.717) is 6.79 Å². The Morgan fingerprint density at radius 3 is 2.68 bits per heavy atom. The van der Waals surface area contributed by atoms with E-state index in [-0.39, 0.29) is 12.4 Å². The number of imidazole rings is 1. The highest BCUT2D eigenvalue weighted by molar-refractivity contribution is 5.85. The fraction of sp³-hybridized carbons (Fsp3) is 0.227. The molecule has 0 saturated carbocycles. The van der Waals surface area contributed by atoms with E-state index in [9.17, 15) is 0 Å². The van der Waals surface area contributed by atoms with Crippen LogP contribution in [0.15, 0.2) is 48.8 Å². The Labute approximate surface area is 170 Å². The Kier molecular flexibility index (Phi) is 4.55. The Bertz CT molecular complexity index is 1180. The lowest BCUT2D eigenvalue weighted by atomic mass is 10.2. The fourth-order valence-electron chi connectivity index (χ4n) is 3.81. The van der Waals surface area contributed by atoms with Crippen LogP contribution in [0.5, 0.6) is 11.5 Å². The summed E-state index contributed by atoms with van der Waals surface area (Å²) in [7, 11) is 0. The van der Waals surface area contributed by atoms with Gasteiger partial charge in [0.05, 0.1) is 5.69 Å². The number of hydrogen-bond acceptors (Lipinski definition) is 3. The maximum absolute atomic E-state index is 5.51. The lowest BCUT2D eigenvalue weighted by molar-refractivity contribution is 0.174. The zero-order valence-electron chi connectivity index (χ0n) is 16.1. The maximum Gasteiger partial charge on any atom is 0.231 e. The third-order valence-corrected chi connectivity index (χ3v) is 5.31. The number of hydrogen-bond donors (Lipinski definition) is 0. The molecule has 1 aliphatic rings. The minimum Gasteiger partial charge on any atom is -0.454 e. The van der Waals surface area contributed by atoms with Crippen LogP contribution in [-0.4, -0.2) is 20.7 Å². The number of nitrogens with zero attached hydrogens (tertiary/aromatic N) is 3. The second-order valence-corrected chi connectivity index (χ2v) is 7.11. The maximum atomic E-state index is 5.51. The Hall–Kier alpha value is -2.92. The lowest BCUT2D eigenvalue weighted by Crippen LogP contribution is -2.04. The third-order valence-electron chi connectivity index (χ3n) is 5.31. The quantitative estimate of drug-likeness (QED) is 0.494. The van der Waals surface area contributed by atoms with Crippen LogP contribution >= 0.6 is 12.4 Å².